The van der Waals surface area contributed by atoms with Crippen molar-refractivity contribution in [3.63, 3.8) is 0 Å². The van der Waals surface area contributed by atoms with Gasteiger partial charge in [-0.2, -0.15) is 0 Å². The Morgan fingerprint density at radius 2 is 1.16 bits per heavy atom. The van der Waals surface area contributed by atoms with Gasteiger partial charge in [0.25, 0.3) is 0 Å². The molecule has 0 saturated heterocycles. The second-order valence-corrected chi connectivity index (χ2v) is 17.6. The summed E-state index contributed by atoms with van der Waals surface area (Å²) in [4.78, 5) is 8.01. The first-order valence-electron chi connectivity index (χ1n) is 21.3. The number of rotatable bonds is 4. The summed E-state index contributed by atoms with van der Waals surface area (Å²) in [5.74, 6) is 0.166. The molecule has 9 aromatic carbocycles. The number of para-hydroxylation sites is 2. The van der Waals surface area contributed by atoms with Crippen LogP contribution in [0.15, 0.2) is 210 Å². The lowest BCUT2D eigenvalue weighted by Crippen LogP contribution is -2.05. The Hall–Kier alpha value is -7.20. The molecule has 0 radical (unpaired) electrons. The van der Waals surface area contributed by atoms with E-state index in [0.717, 1.165) is 24.1 Å². The van der Waals surface area contributed by atoms with Gasteiger partial charge < -0.3 is 4.57 Å². The highest BCUT2D eigenvalue weighted by atomic mass is 32.2. The summed E-state index contributed by atoms with van der Waals surface area (Å²) in [6, 6.07) is 74.1. The fourth-order valence-corrected chi connectivity index (χ4v) is 11.6. The molecule has 13 rings (SSSR count). The average molecular weight is 795 g/mol. The van der Waals surface area contributed by atoms with Crippen LogP contribution in [-0.2, 0) is 6.42 Å². The topological polar surface area (TPSA) is 17.8 Å². The summed E-state index contributed by atoms with van der Waals surface area (Å²) in [6.45, 7) is 0. The first-order valence-corrected chi connectivity index (χ1v) is 22.1. The molecule has 286 valence electrons. The number of aryl methyl sites for hydroxylation is 1. The van der Waals surface area contributed by atoms with E-state index in [2.05, 4.69) is 205 Å². The van der Waals surface area contributed by atoms with Crippen LogP contribution < -0.4 is 0 Å². The van der Waals surface area contributed by atoms with Crippen LogP contribution in [0.2, 0.25) is 0 Å². The Morgan fingerprint density at radius 1 is 0.443 bits per heavy atom. The van der Waals surface area contributed by atoms with Crippen molar-refractivity contribution in [2.45, 2.75) is 28.6 Å². The van der Waals surface area contributed by atoms with E-state index in [9.17, 15) is 0 Å². The number of fused-ring (bicyclic) bond motifs is 10. The SMILES string of the molecule is c1ccc(-c2cc(C3CCc4ccc(-c5ccc6c(c5)c5c7cccc8c7c(cc5n6-c5ccccc5)Sc5ccccc5-8)cc4-c4ccccc43)nc3ccccc23)cc1. The number of hydrogen-bond donors (Lipinski definition) is 0. The minimum absolute atomic E-state index is 0.166. The quantitative estimate of drug-likeness (QED) is 0.177. The van der Waals surface area contributed by atoms with Crippen LogP contribution in [0, 0.1) is 0 Å². The fourth-order valence-electron chi connectivity index (χ4n) is 10.5. The standard InChI is InChI=1S/C58H38N2S/c1-3-14-36(15-4-1)49-34-52(59-51-24-11-9-20-43(49)51)44-30-28-37-26-27-38(32-48(37)42-19-8-7-18-41(42)44)39-29-31-53-50(33-39)57-47-23-13-22-46-45-21-10-12-25-55(45)61-56(58(46)47)35-54(57)60(53)40-16-5-2-6-17-40/h1-27,29,31-35,44H,28,30H2. The Morgan fingerprint density at radius 3 is 2.07 bits per heavy atom. The molecule has 1 aliphatic heterocycles. The van der Waals surface area contributed by atoms with Crippen molar-refractivity contribution in [1.82, 2.24) is 9.55 Å². The molecule has 1 atom stereocenters. The van der Waals surface area contributed by atoms with Crippen LogP contribution in [-0.4, -0.2) is 9.55 Å². The van der Waals surface area contributed by atoms with Crippen molar-refractivity contribution in [1.29, 1.82) is 0 Å². The van der Waals surface area contributed by atoms with Crippen LogP contribution >= 0.6 is 11.8 Å². The normalized spacial score (nSPS) is 14.2. The van der Waals surface area contributed by atoms with Crippen molar-refractivity contribution < 1.29 is 0 Å². The van der Waals surface area contributed by atoms with E-state index in [0.29, 0.717) is 0 Å². The van der Waals surface area contributed by atoms with Crippen LogP contribution in [0.4, 0.5) is 0 Å². The zero-order chi connectivity index (χ0) is 40.0. The van der Waals surface area contributed by atoms with E-state index in [-0.39, 0.29) is 5.92 Å². The molecule has 0 saturated carbocycles. The van der Waals surface area contributed by atoms with Gasteiger partial charge in [0.15, 0.2) is 0 Å². The zero-order valence-electron chi connectivity index (χ0n) is 33.3. The van der Waals surface area contributed by atoms with Gasteiger partial charge >= 0.3 is 0 Å². The van der Waals surface area contributed by atoms with E-state index in [1.165, 1.54) is 109 Å². The molecule has 0 fully saturated rings. The van der Waals surface area contributed by atoms with Gasteiger partial charge in [-0.15, -0.1) is 0 Å². The Bertz CT molecular complexity index is 3570. The van der Waals surface area contributed by atoms with Gasteiger partial charge in [-0.25, -0.2) is 0 Å². The third-order valence-electron chi connectivity index (χ3n) is 13.2. The lowest BCUT2D eigenvalue weighted by atomic mass is 9.86. The van der Waals surface area contributed by atoms with Gasteiger partial charge in [0.1, 0.15) is 0 Å². The molecule has 1 aliphatic carbocycles. The van der Waals surface area contributed by atoms with Crippen LogP contribution in [0.5, 0.6) is 0 Å². The third-order valence-corrected chi connectivity index (χ3v) is 14.3. The van der Waals surface area contributed by atoms with Crippen LogP contribution in [0.3, 0.4) is 0 Å². The van der Waals surface area contributed by atoms with Crippen molar-refractivity contribution in [2.24, 2.45) is 0 Å². The highest BCUT2D eigenvalue weighted by molar-refractivity contribution is 7.99. The average Bonchev–Trinajstić information content (AvgIpc) is 3.55. The van der Waals surface area contributed by atoms with E-state index in [1.807, 2.05) is 11.8 Å². The minimum Gasteiger partial charge on any atom is -0.309 e. The third kappa shape index (κ3) is 5.40. The molecule has 61 heavy (non-hydrogen) atoms. The van der Waals surface area contributed by atoms with Gasteiger partial charge in [-0.05, 0) is 128 Å². The van der Waals surface area contributed by atoms with Gasteiger partial charge in [0.2, 0.25) is 0 Å². The number of nitrogens with zero attached hydrogens (tertiary/aromatic N) is 2. The van der Waals surface area contributed by atoms with Gasteiger partial charge in [0, 0.05) is 48.6 Å². The first-order chi connectivity index (χ1) is 30.2. The number of benzene rings is 9. The van der Waals surface area contributed by atoms with E-state index >= 15 is 0 Å². The summed E-state index contributed by atoms with van der Waals surface area (Å²) >= 11 is 1.89. The molecule has 0 N–H and O–H groups in total. The Kier molecular flexibility index (Phi) is 7.76. The maximum atomic E-state index is 5.38. The summed E-state index contributed by atoms with van der Waals surface area (Å²) in [5, 5.41) is 6.43. The monoisotopic (exact) mass is 794 g/mol. The van der Waals surface area contributed by atoms with Crippen LogP contribution in [0.25, 0.3) is 93.7 Å². The molecule has 0 amide bonds. The first kappa shape index (κ1) is 34.6. The Balaban J connectivity index is 0.983. The molecule has 2 aromatic heterocycles. The highest BCUT2D eigenvalue weighted by Crippen LogP contribution is 2.52. The van der Waals surface area contributed by atoms with Gasteiger partial charge in [0.05, 0.1) is 16.6 Å². The summed E-state index contributed by atoms with van der Waals surface area (Å²) in [5.41, 5.74) is 18.7. The summed E-state index contributed by atoms with van der Waals surface area (Å²) < 4.78 is 2.47. The van der Waals surface area contributed by atoms with E-state index in [4.69, 9.17) is 4.98 Å². The molecular weight excluding hydrogens is 757 g/mol. The molecule has 1 unspecified atom stereocenters. The molecule has 3 heterocycles. The lowest BCUT2D eigenvalue weighted by Gasteiger charge is -2.21. The maximum Gasteiger partial charge on any atom is 0.0711 e. The van der Waals surface area contributed by atoms with Crippen molar-refractivity contribution in [3.05, 3.63) is 217 Å². The Labute approximate surface area is 358 Å². The number of hydrogen-bond acceptors (Lipinski definition) is 2. The zero-order valence-corrected chi connectivity index (χ0v) is 34.2. The maximum absolute atomic E-state index is 5.38. The molecule has 11 aromatic rings. The predicted molar refractivity (Wildman–Crippen MR) is 256 cm³/mol. The number of pyridine rings is 1. The van der Waals surface area contributed by atoms with E-state index in [1.54, 1.807) is 0 Å². The molecule has 2 aliphatic rings. The van der Waals surface area contributed by atoms with E-state index < -0.39 is 0 Å². The van der Waals surface area contributed by atoms with Crippen molar-refractivity contribution >= 4 is 55.2 Å². The molecule has 0 spiro atoms. The lowest BCUT2D eigenvalue weighted by molar-refractivity contribution is 0.708. The molecule has 3 heteroatoms. The highest BCUT2D eigenvalue weighted by Gasteiger charge is 2.27. The van der Waals surface area contributed by atoms with Crippen molar-refractivity contribution in [3.8, 4) is 50.2 Å². The second-order valence-electron chi connectivity index (χ2n) is 16.5. The molecule has 0 bridgehead atoms. The van der Waals surface area contributed by atoms with Crippen molar-refractivity contribution in [2.75, 3.05) is 0 Å². The largest absolute Gasteiger partial charge is 0.309 e. The smallest absolute Gasteiger partial charge is 0.0711 e. The van der Waals surface area contributed by atoms with Gasteiger partial charge in [-0.1, -0.05) is 157 Å². The summed E-state index contributed by atoms with van der Waals surface area (Å²) in [6.07, 6.45) is 1.97. The fraction of sp³-hybridized carbons (Fsp3) is 0.0517. The van der Waals surface area contributed by atoms with Crippen LogP contribution in [0.1, 0.15) is 29.2 Å². The molecule has 2 nitrogen and oxygen atoms in total. The second kappa shape index (κ2) is 13.7. The minimum atomic E-state index is 0.166. The summed E-state index contributed by atoms with van der Waals surface area (Å²) in [7, 11) is 0. The number of aromatic nitrogens is 2. The van der Waals surface area contributed by atoms with Gasteiger partial charge in [-0.3, -0.25) is 4.98 Å². The predicted octanol–water partition coefficient (Wildman–Crippen LogP) is 15.7. The molecular formula is C58H38N2S.